The first-order valence-corrected chi connectivity index (χ1v) is 16.0. The van der Waals surface area contributed by atoms with Crippen LogP contribution in [-0.4, -0.2) is 24.7 Å². The Bertz CT molecular complexity index is 1440. The summed E-state index contributed by atoms with van der Waals surface area (Å²) in [5.74, 6) is 1.40. The quantitative estimate of drug-likeness (QED) is 0.0976. The van der Waals surface area contributed by atoms with E-state index in [1.165, 1.54) is 32.4 Å². The van der Waals surface area contributed by atoms with Gasteiger partial charge in [-0.3, -0.25) is 4.79 Å². The van der Waals surface area contributed by atoms with Crippen molar-refractivity contribution < 1.29 is 14.3 Å². The summed E-state index contributed by atoms with van der Waals surface area (Å²) in [6, 6.07) is 32.0. The number of hydrogen-bond acceptors (Lipinski definition) is 4. The summed E-state index contributed by atoms with van der Waals surface area (Å²) in [5, 5.41) is 2.61. The van der Waals surface area contributed by atoms with Gasteiger partial charge in [-0.1, -0.05) is 79.2 Å². The van der Waals surface area contributed by atoms with E-state index in [2.05, 4.69) is 106 Å². The van der Waals surface area contributed by atoms with E-state index in [9.17, 15) is 4.79 Å². The zero-order valence-electron chi connectivity index (χ0n) is 25.5. The van der Waals surface area contributed by atoms with Crippen LogP contribution in [0.5, 0.6) is 5.75 Å². The normalized spacial score (nSPS) is 13.1. The van der Waals surface area contributed by atoms with Gasteiger partial charge in [-0.25, -0.2) is 0 Å². The van der Waals surface area contributed by atoms with E-state index in [4.69, 9.17) is 9.47 Å². The van der Waals surface area contributed by atoms with Crippen molar-refractivity contribution in [2.75, 3.05) is 13.7 Å². The number of thioether (sulfide) groups is 1. The molecule has 0 aliphatic carbocycles. The molecule has 0 radical (unpaired) electrons. The van der Waals surface area contributed by atoms with E-state index < -0.39 is 0 Å². The maximum atomic E-state index is 13.6. The molecular weight excluding hydrogens is 536 g/mol. The first-order valence-electron chi connectivity index (χ1n) is 15.1. The Balaban J connectivity index is 1.50. The Kier molecular flexibility index (Phi) is 12.1. The average Bonchev–Trinajstić information content (AvgIpc) is 3.01. The number of rotatable bonds is 16. The van der Waals surface area contributed by atoms with Gasteiger partial charge in [-0.05, 0) is 97.2 Å². The Hall–Kier alpha value is -3.50. The topological polar surface area (TPSA) is 35.5 Å². The predicted octanol–water partition coefficient (Wildman–Crippen LogP) is 9.79. The Morgan fingerprint density at radius 1 is 0.881 bits per heavy atom. The van der Waals surface area contributed by atoms with E-state index in [0.717, 1.165) is 43.6 Å². The molecule has 0 spiro atoms. The summed E-state index contributed by atoms with van der Waals surface area (Å²) < 4.78 is 11.2. The van der Waals surface area contributed by atoms with Gasteiger partial charge in [0, 0.05) is 23.0 Å². The molecule has 2 unspecified atom stereocenters. The molecule has 0 saturated carbocycles. The number of methoxy groups -OCH3 is 1. The van der Waals surface area contributed by atoms with Crippen LogP contribution in [0.2, 0.25) is 0 Å². The van der Waals surface area contributed by atoms with E-state index in [1.807, 2.05) is 24.1 Å². The zero-order valence-corrected chi connectivity index (χ0v) is 26.3. The third kappa shape index (κ3) is 9.52. The molecule has 4 aromatic carbocycles. The van der Waals surface area contributed by atoms with Crippen LogP contribution in [0.3, 0.4) is 0 Å². The summed E-state index contributed by atoms with van der Waals surface area (Å²) >= 11 is 1.83. The van der Waals surface area contributed by atoms with Gasteiger partial charge in [0.15, 0.2) is 0 Å². The number of benzene rings is 4. The van der Waals surface area contributed by atoms with Crippen molar-refractivity contribution in [3.8, 4) is 5.75 Å². The molecule has 0 N–H and O–H groups in total. The van der Waals surface area contributed by atoms with Crippen molar-refractivity contribution in [3.63, 3.8) is 0 Å². The standard InChI is InChI=1S/C38H44O3S/c1-5-23-41-36-21-15-30(16-22-36)12-19-33(38(29(3)27-40-4)42-37-9-7-6-8-10-37)26-35(39)20-14-31-13-18-32-17-11-28(2)24-34(32)25-31/h6-11,13,15-18,21-22,24-25,27,33,38H,5,12,14,19-20,23,26H2,1-4H3. The lowest BCUT2D eigenvalue weighted by Gasteiger charge is -2.27. The van der Waals surface area contributed by atoms with Gasteiger partial charge in [0.05, 0.1) is 20.0 Å². The van der Waals surface area contributed by atoms with Gasteiger partial charge < -0.3 is 9.47 Å². The van der Waals surface area contributed by atoms with Crippen LogP contribution < -0.4 is 4.74 Å². The molecule has 0 bridgehead atoms. The number of Topliss-reactive ketones (excluding diaryl/α,β-unsaturated/α-hetero) is 1. The minimum Gasteiger partial charge on any atom is -0.504 e. The second-order valence-electron chi connectivity index (χ2n) is 11.2. The molecule has 0 aliphatic rings. The van der Waals surface area contributed by atoms with Crippen molar-refractivity contribution in [1.29, 1.82) is 0 Å². The van der Waals surface area contributed by atoms with Gasteiger partial charge in [-0.2, -0.15) is 0 Å². The van der Waals surface area contributed by atoms with Crippen LogP contribution in [0.4, 0.5) is 0 Å². The van der Waals surface area contributed by atoms with Gasteiger partial charge in [0.1, 0.15) is 11.5 Å². The van der Waals surface area contributed by atoms with Crippen molar-refractivity contribution in [2.45, 2.75) is 69.4 Å². The second-order valence-corrected chi connectivity index (χ2v) is 12.4. The molecule has 0 heterocycles. The number of carbonyl (C=O) groups excluding carboxylic acids is 1. The fraction of sp³-hybridized carbons (Fsp3) is 0.342. The minimum absolute atomic E-state index is 0.132. The number of aryl methyl sites for hydroxylation is 3. The highest BCUT2D eigenvalue weighted by atomic mass is 32.2. The van der Waals surface area contributed by atoms with Crippen LogP contribution in [0.25, 0.3) is 10.8 Å². The molecule has 0 amide bonds. The highest BCUT2D eigenvalue weighted by molar-refractivity contribution is 8.00. The van der Waals surface area contributed by atoms with Crippen LogP contribution in [0, 0.1) is 12.8 Å². The summed E-state index contributed by atoms with van der Waals surface area (Å²) in [4.78, 5) is 14.8. The first kappa shape index (κ1) is 31.4. The molecule has 4 aromatic rings. The third-order valence-corrected chi connectivity index (χ3v) is 9.18. The molecule has 0 aliphatic heterocycles. The summed E-state index contributed by atoms with van der Waals surface area (Å²) in [5.41, 5.74) is 4.88. The largest absolute Gasteiger partial charge is 0.504 e. The number of ketones is 1. The predicted molar refractivity (Wildman–Crippen MR) is 178 cm³/mol. The first-order chi connectivity index (χ1) is 20.4. The number of fused-ring (bicyclic) bond motifs is 1. The van der Waals surface area contributed by atoms with Gasteiger partial charge in [0.2, 0.25) is 0 Å². The monoisotopic (exact) mass is 580 g/mol. The molecule has 4 heteroatoms. The van der Waals surface area contributed by atoms with E-state index in [0.29, 0.717) is 18.6 Å². The van der Waals surface area contributed by atoms with Crippen LogP contribution in [-0.2, 0) is 22.4 Å². The smallest absolute Gasteiger partial charge is 0.133 e. The molecular formula is C38H44O3S. The fourth-order valence-electron chi connectivity index (χ4n) is 5.39. The number of ether oxygens (including phenoxy) is 2. The van der Waals surface area contributed by atoms with Crippen molar-refractivity contribution in [2.24, 2.45) is 5.92 Å². The van der Waals surface area contributed by atoms with Crippen molar-refractivity contribution in [3.05, 3.63) is 120 Å². The lowest BCUT2D eigenvalue weighted by atomic mass is 9.87. The number of carbonyl (C=O) groups is 1. The third-order valence-electron chi connectivity index (χ3n) is 7.63. The molecule has 0 fully saturated rings. The summed E-state index contributed by atoms with van der Waals surface area (Å²) in [6.45, 7) is 7.08. The molecule has 0 saturated heterocycles. The molecule has 2 atom stereocenters. The molecule has 42 heavy (non-hydrogen) atoms. The van der Waals surface area contributed by atoms with E-state index in [-0.39, 0.29) is 11.2 Å². The minimum atomic E-state index is 0.132. The molecule has 4 rings (SSSR count). The average molecular weight is 581 g/mol. The summed E-state index contributed by atoms with van der Waals surface area (Å²) in [7, 11) is 1.70. The van der Waals surface area contributed by atoms with E-state index in [1.54, 1.807) is 7.11 Å². The fourth-order valence-corrected chi connectivity index (χ4v) is 6.67. The van der Waals surface area contributed by atoms with Crippen LogP contribution in [0.1, 0.15) is 56.2 Å². The SMILES string of the molecule is CCCOc1ccc(CCC(CC(=O)CCc2ccc3ccc(C)cc3c2)C(Sc2ccccc2)C(C)=COC)cc1. The van der Waals surface area contributed by atoms with Crippen molar-refractivity contribution >= 4 is 28.3 Å². The Morgan fingerprint density at radius 2 is 1.62 bits per heavy atom. The van der Waals surface area contributed by atoms with Crippen molar-refractivity contribution in [1.82, 2.24) is 0 Å². The zero-order chi connectivity index (χ0) is 29.7. The summed E-state index contributed by atoms with van der Waals surface area (Å²) in [6.07, 6.45) is 6.51. The van der Waals surface area contributed by atoms with Crippen LogP contribution in [0.15, 0.2) is 108 Å². The highest BCUT2D eigenvalue weighted by Crippen LogP contribution is 2.37. The van der Waals surface area contributed by atoms with Gasteiger partial charge in [-0.15, -0.1) is 11.8 Å². The Labute approximate surface area is 256 Å². The lowest BCUT2D eigenvalue weighted by molar-refractivity contribution is -0.119. The highest BCUT2D eigenvalue weighted by Gasteiger charge is 2.27. The van der Waals surface area contributed by atoms with Gasteiger partial charge >= 0.3 is 0 Å². The molecule has 220 valence electrons. The molecule has 0 aromatic heterocycles. The van der Waals surface area contributed by atoms with Crippen LogP contribution >= 0.6 is 11.8 Å². The second kappa shape index (κ2) is 16.2. The van der Waals surface area contributed by atoms with Gasteiger partial charge in [0.25, 0.3) is 0 Å². The molecule has 3 nitrogen and oxygen atoms in total. The Morgan fingerprint density at radius 3 is 2.36 bits per heavy atom. The maximum Gasteiger partial charge on any atom is 0.133 e. The lowest BCUT2D eigenvalue weighted by Crippen LogP contribution is -2.23. The van der Waals surface area contributed by atoms with E-state index >= 15 is 0 Å². The maximum absolute atomic E-state index is 13.6. The number of hydrogen-bond donors (Lipinski definition) is 0.